The highest BCUT2D eigenvalue weighted by Crippen LogP contribution is 2.42. The summed E-state index contributed by atoms with van der Waals surface area (Å²) in [6, 6.07) is 3.72. The van der Waals surface area contributed by atoms with Crippen LogP contribution in [0.2, 0.25) is 10.0 Å². The lowest BCUT2D eigenvalue weighted by Gasteiger charge is -2.20. The van der Waals surface area contributed by atoms with Gasteiger partial charge < -0.3 is 19.5 Å². The highest BCUT2D eigenvalue weighted by molar-refractivity contribution is 6.44. The molecule has 0 radical (unpaired) electrons. The van der Waals surface area contributed by atoms with Crippen LogP contribution in [-0.2, 0) is 15.1 Å². The van der Waals surface area contributed by atoms with Crippen LogP contribution in [-0.4, -0.2) is 59.7 Å². The molecule has 2 rings (SSSR count). The standard InChI is InChI=1S/C18H16Cl2F3N5O4/c1-17(30,16(29)31-4)12-9(7-24)26-28(15(12)25-8-27(2)3)10-5-6-11(14(20)13(10)19)32-18(21,22)23/h5-6,8,30H,1-4H3. The molecule has 0 aliphatic rings. The lowest BCUT2D eigenvalue weighted by atomic mass is 9.95. The van der Waals surface area contributed by atoms with E-state index in [2.05, 4.69) is 19.6 Å². The maximum atomic E-state index is 12.6. The van der Waals surface area contributed by atoms with Crippen molar-refractivity contribution in [3.63, 3.8) is 0 Å². The van der Waals surface area contributed by atoms with E-state index in [1.54, 1.807) is 20.2 Å². The third-order valence-electron chi connectivity index (χ3n) is 3.93. The average molecular weight is 494 g/mol. The van der Waals surface area contributed by atoms with Crippen LogP contribution in [0.25, 0.3) is 5.69 Å². The molecule has 0 amide bonds. The van der Waals surface area contributed by atoms with E-state index in [9.17, 15) is 28.3 Å². The monoisotopic (exact) mass is 493 g/mol. The predicted octanol–water partition coefficient (Wildman–Crippen LogP) is 3.55. The molecule has 0 bridgehead atoms. The Morgan fingerprint density at radius 2 is 1.97 bits per heavy atom. The van der Waals surface area contributed by atoms with Gasteiger partial charge in [-0.15, -0.1) is 13.2 Å². The van der Waals surface area contributed by atoms with Crippen molar-refractivity contribution >= 4 is 41.3 Å². The first kappa shape index (κ1) is 25.3. The lowest BCUT2D eigenvalue weighted by molar-refractivity contribution is -0.274. The Morgan fingerprint density at radius 3 is 2.47 bits per heavy atom. The predicted molar refractivity (Wildman–Crippen MR) is 108 cm³/mol. The first-order valence-electron chi connectivity index (χ1n) is 8.53. The zero-order valence-corrected chi connectivity index (χ0v) is 18.5. The molecule has 1 aromatic carbocycles. The molecule has 0 spiro atoms. The van der Waals surface area contributed by atoms with Crippen LogP contribution in [0.1, 0.15) is 18.2 Å². The number of hydrogen-bond acceptors (Lipinski definition) is 7. The normalized spacial score (nSPS) is 13.5. The summed E-state index contributed by atoms with van der Waals surface area (Å²) in [4.78, 5) is 17.9. The number of carbonyl (C=O) groups excluding carboxylic acids is 1. The number of aromatic nitrogens is 2. The number of alkyl halides is 3. The highest BCUT2D eigenvalue weighted by Gasteiger charge is 2.42. The van der Waals surface area contributed by atoms with E-state index < -0.39 is 39.4 Å². The third-order valence-corrected chi connectivity index (χ3v) is 4.78. The Hall–Kier alpha value is -3.01. The number of aliphatic hydroxyl groups is 1. The highest BCUT2D eigenvalue weighted by atomic mass is 35.5. The number of aliphatic imine (C=N–C) groups is 1. The molecule has 172 valence electrons. The van der Waals surface area contributed by atoms with Gasteiger partial charge in [0, 0.05) is 14.1 Å². The maximum absolute atomic E-state index is 12.6. The van der Waals surface area contributed by atoms with Crippen molar-refractivity contribution in [2.75, 3.05) is 21.2 Å². The molecule has 9 nitrogen and oxygen atoms in total. The fourth-order valence-electron chi connectivity index (χ4n) is 2.58. The van der Waals surface area contributed by atoms with Crippen molar-refractivity contribution in [3.8, 4) is 17.5 Å². The van der Waals surface area contributed by atoms with Gasteiger partial charge in [0.15, 0.2) is 17.1 Å². The van der Waals surface area contributed by atoms with E-state index in [0.717, 1.165) is 30.8 Å². The topological polar surface area (TPSA) is 113 Å². The van der Waals surface area contributed by atoms with E-state index in [4.69, 9.17) is 23.2 Å². The molecule has 1 atom stereocenters. The van der Waals surface area contributed by atoms with Gasteiger partial charge in [0.2, 0.25) is 0 Å². The number of benzene rings is 1. The summed E-state index contributed by atoms with van der Waals surface area (Å²) in [6.45, 7) is 1.07. The van der Waals surface area contributed by atoms with Crippen LogP contribution in [0.15, 0.2) is 17.1 Å². The minimum absolute atomic E-state index is 0.0967. The summed E-state index contributed by atoms with van der Waals surface area (Å²) < 4.78 is 47.1. The first-order chi connectivity index (χ1) is 14.7. The number of rotatable bonds is 6. The zero-order chi connectivity index (χ0) is 24.4. The van der Waals surface area contributed by atoms with Crippen molar-refractivity contribution in [3.05, 3.63) is 33.4 Å². The van der Waals surface area contributed by atoms with Gasteiger partial charge in [-0.25, -0.2) is 14.5 Å². The van der Waals surface area contributed by atoms with Gasteiger partial charge in [0.1, 0.15) is 16.8 Å². The van der Waals surface area contributed by atoms with Crippen LogP contribution < -0.4 is 4.74 Å². The molecule has 1 aromatic heterocycles. The second-order valence-corrected chi connectivity index (χ2v) is 7.36. The van der Waals surface area contributed by atoms with E-state index in [0.29, 0.717) is 0 Å². The molecule has 1 unspecified atom stereocenters. The number of esters is 1. The Balaban J connectivity index is 2.84. The van der Waals surface area contributed by atoms with Gasteiger partial charge in [0.25, 0.3) is 0 Å². The molecular weight excluding hydrogens is 478 g/mol. The third kappa shape index (κ3) is 5.07. The summed E-state index contributed by atoms with van der Waals surface area (Å²) in [5, 5.41) is 23.4. The number of carbonyl (C=O) groups is 1. The number of nitriles is 1. The molecule has 0 saturated heterocycles. The second-order valence-electron chi connectivity index (χ2n) is 6.60. The molecule has 2 aromatic rings. The van der Waals surface area contributed by atoms with Crippen LogP contribution in [0.5, 0.6) is 5.75 Å². The Labute approximate surface area is 190 Å². The molecule has 1 N–H and O–H groups in total. The first-order valence-corrected chi connectivity index (χ1v) is 9.29. The molecule has 0 fully saturated rings. The van der Waals surface area contributed by atoms with Gasteiger partial charge in [0.05, 0.1) is 29.7 Å². The van der Waals surface area contributed by atoms with Crippen LogP contribution in [0.3, 0.4) is 0 Å². The Kier molecular flexibility index (Phi) is 7.29. The number of hydrogen-bond donors (Lipinski definition) is 1. The number of methoxy groups -OCH3 is 1. The molecular formula is C18H16Cl2F3N5O4. The summed E-state index contributed by atoms with van der Waals surface area (Å²) in [5.41, 5.74) is -3.17. The minimum Gasteiger partial charge on any atom is -0.467 e. The van der Waals surface area contributed by atoms with E-state index in [1.165, 1.54) is 11.2 Å². The van der Waals surface area contributed by atoms with Gasteiger partial charge in [-0.3, -0.25) is 0 Å². The van der Waals surface area contributed by atoms with Crippen LogP contribution in [0.4, 0.5) is 19.0 Å². The Morgan fingerprint density at radius 1 is 1.34 bits per heavy atom. The summed E-state index contributed by atoms with van der Waals surface area (Å²) >= 11 is 12.1. The number of halogens is 5. The fraction of sp³-hybridized carbons (Fsp3) is 0.333. The van der Waals surface area contributed by atoms with Crippen molar-refractivity contribution in [1.29, 1.82) is 5.26 Å². The number of nitrogens with zero attached hydrogens (tertiary/aromatic N) is 5. The summed E-state index contributed by atoms with van der Waals surface area (Å²) in [7, 11) is 4.29. The molecule has 14 heteroatoms. The quantitative estimate of drug-likeness (QED) is 0.371. The zero-order valence-electron chi connectivity index (χ0n) is 17.0. The summed E-state index contributed by atoms with van der Waals surface area (Å²) in [6.07, 6.45) is -3.73. The molecule has 0 saturated carbocycles. The van der Waals surface area contributed by atoms with Crippen molar-refractivity contribution < 1.29 is 32.5 Å². The Bertz CT molecular complexity index is 1110. The molecule has 0 aliphatic heterocycles. The van der Waals surface area contributed by atoms with Crippen LogP contribution >= 0.6 is 23.2 Å². The second kappa shape index (κ2) is 9.23. The molecule has 32 heavy (non-hydrogen) atoms. The number of ether oxygens (including phenoxy) is 2. The minimum atomic E-state index is -5.01. The smallest absolute Gasteiger partial charge is 0.467 e. The van der Waals surface area contributed by atoms with E-state index in [1.807, 2.05) is 0 Å². The average Bonchev–Trinajstić information content (AvgIpc) is 3.07. The van der Waals surface area contributed by atoms with Crippen molar-refractivity contribution in [2.24, 2.45) is 4.99 Å². The van der Waals surface area contributed by atoms with Crippen LogP contribution in [0, 0.1) is 11.3 Å². The van der Waals surface area contributed by atoms with Crippen molar-refractivity contribution in [2.45, 2.75) is 18.9 Å². The van der Waals surface area contributed by atoms with Crippen molar-refractivity contribution in [1.82, 2.24) is 14.7 Å². The fourth-order valence-corrected chi connectivity index (χ4v) is 3.02. The van der Waals surface area contributed by atoms with E-state index in [-0.39, 0.29) is 17.1 Å². The van der Waals surface area contributed by atoms with Gasteiger partial charge in [-0.05, 0) is 19.1 Å². The van der Waals surface area contributed by atoms with Gasteiger partial charge in [-0.1, -0.05) is 23.2 Å². The van der Waals surface area contributed by atoms with Gasteiger partial charge >= 0.3 is 12.3 Å². The molecule has 1 heterocycles. The SMILES string of the molecule is COC(=O)C(C)(O)c1c(C#N)nn(-c2ccc(OC(F)(F)F)c(Cl)c2Cl)c1N=CN(C)C. The van der Waals surface area contributed by atoms with Gasteiger partial charge in [-0.2, -0.15) is 10.4 Å². The van der Waals surface area contributed by atoms with E-state index >= 15 is 0 Å². The molecule has 0 aliphatic carbocycles. The maximum Gasteiger partial charge on any atom is 0.573 e. The lowest BCUT2D eigenvalue weighted by Crippen LogP contribution is -2.34. The largest absolute Gasteiger partial charge is 0.573 e. The summed E-state index contributed by atoms with van der Waals surface area (Å²) in [5.74, 6) is -2.08.